The van der Waals surface area contributed by atoms with Crippen molar-refractivity contribution in [1.29, 1.82) is 0 Å². The van der Waals surface area contributed by atoms with E-state index in [2.05, 4.69) is 5.32 Å². The van der Waals surface area contributed by atoms with Gasteiger partial charge in [-0.2, -0.15) is 0 Å². The van der Waals surface area contributed by atoms with Crippen molar-refractivity contribution in [3.8, 4) is 11.5 Å². The zero-order valence-corrected chi connectivity index (χ0v) is 17.3. The van der Waals surface area contributed by atoms with Crippen LogP contribution in [0, 0.1) is 0 Å². The van der Waals surface area contributed by atoms with E-state index < -0.39 is 5.91 Å². The molecule has 0 bridgehead atoms. The molecule has 2 aromatic carbocycles. The number of hydrogen-bond donors (Lipinski definition) is 1. The molecular weight excluding hydrogens is 388 g/mol. The molecule has 0 aliphatic rings. The van der Waals surface area contributed by atoms with Crippen LogP contribution in [0.5, 0.6) is 11.5 Å². The number of nitrogens with one attached hydrogen (secondary N) is 1. The number of nitrogens with zero attached hydrogens (tertiary/aromatic N) is 1. The number of carbonyl (C=O) groups is 2. The van der Waals surface area contributed by atoms with Crippen LogP contribution in [0.4, 0.5) is 5.69 Å². The highest BCUT2D eigenvalue weighted by molar-refractivity contribution is 7.98. The highest BCUT2D eigenvalue weighted by Crippen LogP contribution is 2.34. The van der Waals surface area contributed by atoms with Gasteiger partial charge in [0.2, 0.25) is 0 Å². The lowest BCUT2D eigenvalue weighted by Crippen LogP contribution is -2.24. The Kier molecular flexibility index (Phi) is 6.98. The van der Waals surface area contributed by atoms with Crippen LogP contribution in [-0.4, -0.2) is 51.3 Å². The Bertz CT molecular complexity index is 871. The summed E-state index contributed by atoms with van der Waals surface area (Å²) in [6.45, 7) is 0. The van der Waals surface area contributed by atoms with E-state index in [1.165, 1.54) is 36.9 Å². The molecule has 2 aromatic rings. The molecular formula is C19H21ClN2O4S. The fraction of sp³-hybridized carbons (Fsp3) is 0.263. The van der Waals surface area contributed by atoms with Crippen molar-refractivity contribution in [3.05, 3.63) is 46.5 Å². The Morgan fingerprint density at radius 3 is 2.22 bits per heavy atom. The molecule has 1 N–H and O–H groups in total. The average molecular weight is 409 g/mol. The number of hydrogen-bond acceptors (Lipinski definition) is 5. The third-order valence-corrected chi connectivity index (χ3v) is 4.88. The maximum absolute atomic E-state index is 12.8. The number of carbonyl (C=O) groups excluding carboxylic acids is 2. The Balaban J connectivity index is 2.50. The predicted octanol–water partition coefficient (Wildman–Crippen LogP) is 4.03. The van der Waals surface area contributed by atoms with Crippen LogP contribution >= 0.6 is 23.4 Å². The normalized spacial score (nSPS) is 10.3. The zero-order chi connectivity index (χ0) is 20.1. The zero-order valence-electron chi connectivity index (χ0n) is 15.8. The Morgan fingerprint density at radius 1 is 1.04 bits per heavy atom. The van der Waals surface area contributed by atoms with E-state index in [0.29, 0.717) is 27.8 Å². The van der Waals surface area contributed by atoms with Crippen LogP contribution in [0.2, 0.25) is 5.02 Å². The monoisotopic (exact) mass is 408 g/mol. The first-order valence-corrected chi connectivity index (χ1v) is 9.55. The van der Waals surface area contributed by atoms with E-state index in [4.69, 9.17) is 21.1 Å². The second-order valence-electron chi connectivity index (χ2n) is 5.75. The van der Waals surface area contributed by atoms with Crippen LogP contribution in [-0.2, 0) is 0 Å². The minimum absolute atomic E-state index is 0.281. The maximum Gasteiger partial charge on any atom is 0.257 e. The molecule has 2 amide bonds. The van der Waals surface area contributed by atoms with Gasteiger partial charge in [-0.1, -0.05) is 11.6 Å². The van der Waals surface area contributed by atoms with Crippen LogP contribution in [0.3, 0.4) is 0 Å². The first-order chi connectivity index (χ1) is 12.8. The summed E-state index contributed by atoms with van der Waals surface area (Å²) in [7, 11) is 6.22. The number of ether oxygens (including phenoxy) is 2. The van der Waals surface area contributed by atoms with Crippen molar-refractivity contribution in [1.82, 2.24) is 4.90 Å². The molecule has 0 aliphatic carbocycles. The van der Waals surface area contributed by atoms with Gasteiger partial charge < -0.3 is 19.7 Å². The summed E-state index contributed by atoms with van der Waals surface area (Å²) in [4.78, 5) is 27.7. The number of halogens is 1. The summed E-state index contributed by atoms with van der Waals surface area (Å²) in [5, 5.41) is 3.09. The molecule has 0 fully saturated rings. The van der Waals surface area contributed by atoms with Gasteiger partial charge in [-0.15, -0.1) is 11.8 Å². The van der Waals surface area contributed by atoms with Gasteiger partial charge in [0, 0.05) is 25.1 Å². The predicted molar refractivity (Wildman–Crippen MR) is 109 cm³/mol. The van der Waals surface area contributed by atoms with Gasteiger partial charge in [-0.25, -0.2) is 0 Å². The molecule has 2 rings (SSSR count). The quantitative estimate of drug-likeness (QED) is 0.731. The molecule has 0 saturated carbocycles. The summed E-state index contributed by atoms with van der Waals surface area (Å²) >= 11 is 7.69. The largest absolute Gasteiger partial charge is 0.493 e. The number of thioether (sulfide) groups is 1. The second-order valence-corrected chi connectivity index (χ2v) is 7.04. The van der Waals surface area contributed by atoms with E-state index in [1.54, 1.807) is 32.3 Å². The third-order valence-electron chi connectivity index (χ3n) is 3.83. The van der Waals surface area contributed by atoms with Gasteiger partial charge in [0.1, 0.15) is 0 Å². The Morgan fingerprint density at radius 2 is 1.67 bits per heavy atom. The van der Waals surface area contributed by atoms with Crippen LogP contribution in [0.1, 0.15) is 20.7 Å². The number of rotatable bonds is 6. The summed E-state index contributed by atoms with van der Waals surface area (Å²) in [5.41, 5.74) is 0.909. The lowest BCUT2D eigenvalue weighted by molar-refractivity contribution is 0.0828. The summed E-state index contributed by atoms with van der Waals surface area (Å²) in [6.07, 6.45) is 1.91. The fourth-order valence-electron chi connectivity index (χ4n) is 2.40. The Labute approximate surface area is 167 Å². The molecule has 6 nitrogen and oxygen atoms in total. The van der Waals surface area contributed by atoms with Crippen molar-refractivity contribution in [2.45, 2.75) is 4.90 Å². The molecule has 0 atom stereocenters. The van der Waals surface area contributed by atoms with E-state index in [-0.39, 0.29) is 11.5 Å². The molecule has 0 heterocycles. The molecule has 0 spiro atoms. The molecule has 0 aromatic heterocycles. The van der Waals surface area contributed by atoms with Gasteiger partial charge in [-0.05, 0) is 30.5 Å². The van der Waals surface area contributed by atoms with Crippen LogP contribution < -0.4 is 14.8 Å². The van der Waals surface area contributed by atoms with Crippen LogP contribution in [0.15, 0.2) is 35.2 Å². The first-order valence-electron chi connectivity index (χ1n) is 7.95. The van der Waals surface area contributed by atoms with Gasteiger partial charge in [-0.3, -0.25) is 9.59 Å². The van der Waals surface area contributed by atoms with E-state index in [9.17, 15) is 9.59 Å². The highest BCUT2D eigenvalue weighted by Gasteiger charge is 2.21. The fourth-order valence-corrected chi connectivity index (χ4v) is 3.04. The SMILES string of the molecule is COc1cc(NC(=O)c2cc(SC)ccc2Cl)c(C(=O)N(C)C)cc1OC. The average Bonchev–Trinajstić information content (AvgIpc) is 2.67. The summed E-state index contributed by atoms with van der Waals surface area (Å²) in [5.74, 6) is 0.0846. The third kappa shape index (κ3) is 4.67. The molecule has 144 valence electrons. The smallest absolute Gasteiger partial charge is 0.257 e. The lowest BCUT2D eigenvalue weighted by Gasteiger charge is -2.18. The van der Waals surface area contributed by atoms with Crippen molar-refractivity contribution >= 4 is 40.9 Å². The minimum atomic E-state index is -0.420. The molecule has 0 aliphatic heterocycles. The minimum Gasteiger partial charge on any atom is -0.493 e. The van der Waals surface area contributed by atoms with Crippen molar-refractivity contribution < 1.29 is 19.1 Å². The van der Waals surface area contributed by atoms with Gasteiger partial charge in [0.25, 0.3) is 11.8 Å². The highest BCUT2D eigenvalue weighted by atomic mass is 35.5. The van der Waals surface area contributed by atoms with Crippen molar-refractivity contribution in [3.63, 3.8) is 0 Å². The molecule has 0 saturated heterocycles. The number of benzene rings is 2. The number of anilines is 1. The summed E-state index contributed by atoms with van der Waals surface area (Å²) in [6, 6.07) is 8.30. The topological polar surface area (TPSA) is 67.9 Å². The molecule has 0 radical (unpaired) electrons. The van der Waals surface area contributed by atoms with E-state index >= 15 is 0 Å². The maximum atomic E-state index is 12.8. The Hall–Kier alpha value is -2.38. The van der Waals surface area contributed by atoms with Gasteiger partial charge in [0.15, 0.2) is 11.5 Å². The van der Waals surface area contributed by atoms with Crippen LogP contribution in [0.25, 0.3) is 0 Å². The van der Waals surface area contributed by atoms with E-state index in [1.807, 2.05) is 12.3 Å². The molecule has 27 heavy (non-hydrogen) atoms. The molecule has 8 heteroatoms. The van der Waals surface area contributed by atoms with Gasteiger partial charge in [0.05, 0.1) is 36.1 Å². The van der Waals surface area contributed by atoms with Crippen molar-refractivity contribution in [2.75, 3.05) is 39.9 Å². The number of methoxy groups -OCH3 is 2. The second kappa shape index (κ2) is 9.01. The standard InChI is InChI=1S/C19H21ClN2O4S/c1-22(2)19(24)13-9-16(25-3)17(26-4)10-15(13)21-18(23)12-8-11(27-5)6-7-14(12)20/h6-10H,1-5H3,(H,21,23). The molecule has 0 unspecified atom stereocenters. The van der Waals surface area contributed by atoms with E-state index in [0.717, 1.165) is 4.90 Å². The lowest BCUT2D eigenvalue weighted by atomic mass is 10.1. The summed E-state index contributed by atoms with van der Waals surface area (Å²) < 4.78 is 10.6. The van der Waals surface area contributed by atoms with Crippen molar-refractivity contribution in [2.24, 2.45) is 0 Å². The van der Waals surface area contributed by atoms with Gasteiger partial charge >= 0.3 is 0 Å². The number of amides is 2. The first kappa shape index (κ1) is 20.9.